The molecule has 3 aromatic rings. The minimum absolute atomic E-state index is 0.359. The maximum atomic E-state index is 5.68. The lowest BCUT2D eigenvalue weighted by Crippen LogP contribution is -1.84. The van der Waals surface area contributed by atoms with Gasteiger partial charge in [-0.3, -0.25) is 0 Å². The largest absolute Gasteiger partial charge is 0.113 e. The molecule has 0 aliphatic rings. The second kappa shape index (κ2) is 4.72. The molecule has 0 aliphatic heterocycles. The van der Waals surface area contributed by atoms with E-state index in [0.29, 0.717) is 5.88 Å². The SMILES string of the molecule is ClCC#Cc1c2ccccc2cc2ccccc12. The maximum Gasteiger partial charge on any atom is 0.0839 e. The lowest BCUT2D eigenvalue weighted by atomic mass is 9.97. The molecule has 0 atom stereocenters. The Morgan fingerprint density at radius 1 is 0.833 bits per heavy atom. The van der Waals surface area contributed by atoms with E-state index in [1.54, 1.807) is 0 Å². The van der Waals surface area contributed by atoms with Gasteiger partial charge in [0.25, 0.3) is 0 Å². The van der Waals surface area contributed by atoms with Gasteiger partial charge in [0.1, 0.15) is 0 Å². The van der Waals surface area contributed by atoms with Crippen molar-refractivity contribution in [1.82, 2.24) is 0 Å². The van der Waals surface area contributed by atoms with Gasteiger partial charge in [-0.05, 0) is 27.6 Å². The first-order valence-corrected chi connectivity index (χ1v) is 6.39. The zero-order chi connectivity index (χ0) is 12.4. The molecule has 0 aromatic heterocycles. The summed E-state index contributed by atoms with van der Waals surface area (Å²) in [5.41, 5.74) is 1.07. The van der Waals surface area contributed by atoms with Gasteiger partial charge in [0, 0.05) is 5.56 Å². The maximum absolute atomic E-state index is 5.68. The normalized spacial score (nSPS) is 10.3. The molecule has 0 bridgehead atoms. The van der Waals surface area contributed by atoms with Crippen LogP contribution in [-0.4, -0.2) is 5.88 Å². The van der Waals surface area contributed by atoms with Crippen LogP contribution in [0.25, 0.3) is 21.5 Å². The second-order valence-corrected chi connectivity index (χ2v) is 4.40. The Balaban J connectivity index is 2.49. The lowest BCUT2D eigenvalue weighted by Gasteiger charge is -2.06. The van der Waals surface area contributed by atoms with Crippen LogP contribution in [0.3, 0.4) is 0 Å². The smallest absolute Gasteiger partial charge is 0.0839 e. The number of halogens is 1. The third-order valence-electron chi connectivity index (χ3n) is 3.05. The van der Waals surface area contributed by atoms with Crippen LogP contribution >= 0.6 is 11.6 Å². The van der Waals surface area contributed by atoms with E-state index in [1.807, 2.05) is 12.1 Å². The molecule has 0 aliphatic carbocycles. The molecule has 0 nitrogen and oxygen atoms in total. The zero-order valence-corrected chi connectivity index (χ0v) is 10.5. The van der Waals surface area contributed by atoms with E-state index in [2.05, 4.69) is 54.3 Å². The summed E-state index contributed by atoms with van der Waals surface area (Å²) in [7, 11) is 0. The summed E-state index contributed by atoms with van der Waals surface area (Å²) >= 11 is 5.68. The van der Waals surface area contributed by atoms with E-state index < -0.39 is 0 Å². The van der Waals surface area contributed by atoms with Crippen LogP contribution in [0.15, 0.2) is 54.6 Å². The Morgan fingerprint density at radius 2 is 1.39 bits per heavy atom. The van der Waals surface area contributed by atoms with Gasteiger partial charge in [0.15, 0.2) is 0 Å². The summed E-state index contributed by atoms with van der Waals surface area (Å²) in [6.45, 7) is 0. The van der Waals surface area contributed by atoms with Gasteiger partial charge in [-0.2, -0.15) is 0 Å². The van der Waals surface area contributed by atoms with Crippen LogP contribution in [0.5, 0.6) is 0 Å². The van der Waals surface area contributed by atoms with Gasteiger partial charge in [-0.1, -0.05) is 60.4 Å². The van der Waals surface area contributed by atoms with Gasteiger partial charge in [0.05, 0.1) is 5.88 Å². The topological polar surface area (TPSA) is 0 Å². The first kappa shape index (κ1) is 11.1. The molecule has 0 fully saturated rings. The molecular weight excluding hydrogens is 240 g/mol. The first-order valence-electron chi connectivity index (χ1n) is 5.85. The van der Waals surface area contributed by atoms with Crippen molar-refractivity contribution < 1.29 is 0 Å². The number of fused-ring (bicyclic) bond motifs is 2. The third-order valence-corrected chi connectivity index (χ3v) is 3.19. The number of alkyl halides is 1. The Hall–Kier alpha value is -1.97. The summed E-state index contributed by atoms with van der Waals surface area (Å²) in [6.07, 6.45) is 0. The van der Waals surface area contributed by atoms with Gasteiger partial charge in [0.2, 0.25) is 0 Å². The number of benzene rings is 3. The summed E-state index contributed by atoms with van der Waals surface area (Å²) in [4.78, 5) is 0. The number of hydrogen-bond acceptors (Lipinski definition) is 0. The molecule has 0 N–H and O–H groups in total. The molecule has 0 heterocycles. The van der Waals surface area contributed by atoms with E-state index in [9.17, 15) is 0 Å². The van der Waals surface area contributed by atoms with Crippen LogP contribution in [0, 0.1) is 11.8 Å². The third kappa shape index (κ3) is 1.83. The van der Waals surface area contributed by atoms with Crippen molar-refractivity contribution in [3.63, 3.8) is 0 Å². The second-order valence-electron chi connectivity index (χ2n) is 4.13. The average molecular weight is 251 g/mol. The van der Waals surface area contributed by atoms with Crippen LogP contribution in [0.1, 0.15) is 5.56 Å². The molecule has 86 valence electrons. The number of rotatable bonds is 0. The fraction of sp³-hybridized carbons (Fsp3) is 0.0588. The van der Waals surface area contributed by atoms with Gasteiger partial charge in [-0.25, -0.2) is 0 Å². The highest BCUT2D eigenvalue weighted by Crippen LogP contribution is 2.27. The van der Waals surface area contributed by atoms with Crippen molar-refractivity contribution in [2.75, 3.05) is 5.88 Å². The van der Waals surface area contributed by atoms with Crippen LogP contribution in [0.2, 0.25) is 0 Å². The predicted molar refractivity (Wildman–Crippen MR) is 79.1 cm³/mol. The minimum atomic E-state index is 0.359. The van der Waals surface area contributed by atoms with Crippen LogP contribution < -0.4 is 0 Å². The van der Waals surface area contributed by atoms with E-state index in [0.717, 1.165) is 5.56 Å². The van der Waals surface area contributed by atoms with Crippen molar-refractivity contribution >= 4 is 33.1 Å². The minimum Gasteiger partial charge on any atom is -0.113 e. The molecule has 0 radical (unpaired) electrons. The Bertz CT molecular complexity index is 722. The average Bonchev–Trinajstić information content (AvgIpc) is 2.43. The van der Waals surface area contributed by atoms with E-state index in [-0.39, 0.29) is 0 Å². The Morgan fingerprint density at radius 3 is 1.94 bits per heavy atom. The summed E-state index contributed by atoms with van der Waals surface area (Å²) < 4.78 is 0. The van der Waals surface area contributed by atoms with Crippen molar-refractivity contribution in [3.8, 4) is 11.8 Å². The zero-order valence-electron chi connectivity index (χ0n) is 9.78. The molecule has 1 heteroatoms. The monoisotopic (exact) mass is 250 g/mol. The van der Waals surface area contributed by atoms with E-state index in [4.69, 9.17) is 11.6 Å². The quantitative estimate of drug-likeness (QED) is 0.311. The van der Waals surface area contributed by atoms with Crippen molar-refractivity contribution in [2.45, 2.75) is 0 Å². The summed E-state index contributed by atoms with van der Waals surface area (Å²) in [5.74, 6) is 6.52. The highest BCUT2D eigenvalue weighted by Gasteiger charge is 2.04. The first-order chi connectivity index (χ1) is 8.90. The molecule has 0 spiro atoms. The molecule has 3 aromatic carbocycles. The Labute approximate surface area is 111 Å². The van der Waals surface area contributed by atoms with Crippen molar-refractivity contribution in [3.05, 3.63) is 60.2 Å². The number of hydrogen-bond donors (Lipinski definition) is 0. The highest BCUT2D eigenvalue weighted by atomic mass is 35.5. The van der Waals surface area contributed by atoms with E-state index in [1.165, 1.54) is 21.5 Å². The summed E-state index contributed by atoms with van der Waals surface area (Å²) in [5, 5.41) is 4.81. The predicted octanol–water partition coefficient (Wildman–Crippen LogP) is 4.58. The van der Waals surface area contributed by atoms with Crippen molar-refractivity contribution in [1.29, 1.82) is 0 Å². The van der Waals surface area contributed by atoms with Crippen LogP contribution in [0.4, 0.5) is 0 Å². The molecule has 0 saturated carbocycles. The van der Waals surface area contributed by atoms with Gasteiger partial charge < -0.3 is 0 Å². The summed E-state index contributed by atoms with van der Waals surface area (Å²) in [6, 6.07) is 18.9. The fourth-order valence-electron chi connectivity index (χ4n) is 2.27. The lowest BCUT2D eigenvalue weighted by molar-refractivity contribution is 1.73. The van der Waals surface area contributed by atoms with Gasteiger partial charge >= 0.3 is 0 Å². The molecule has 0 unspecified atom stereocenters. The molecule has 18 heavy (non-hydrogen) atoms. The van der Waals surface area contributed by atoms with Crippen LogP contribution in [-0.2, 0) is 0 Å². The van der Waals surface area contributed by atoms with Crippen molar-refractivity contribution in [2.24, 2.45) is 0 Å². The standard InChI is InChI=1S/C17H11Cl/c18-11-5-10-17-15-8-3-1-6-13(15)12-14-7-2-4-9-16(14)17/h1-4,6-9,12H,11H2. The van der Waals surface area contributed by atoms with E-state index >= 15 is 0 Å². The molecule has 3 rings (SSSR count). The molecule has 0 amide bonds. The molecular formula is C17H11Cl. The Kier molecular flexibility index (Phi) is 2.92. The highest BCUT2D eigenvalue weighted by molar-refractivity contribution is 6.19. The molecule has 0 saturated heterocycles. The van der Waals surface area contributed by atoms with Gasteiger partial charge in [-0.15, -0.1) is 11.6 Å². The fourth-order valence-corrected chi connectivity index (χ4v) is 2.34.